The highest BCUT2D eigenvalue weighted by Gasteiger charge is 2.44. The summed E-state index contributed by atoms with van der Waals surface area (Å²) in [5.74, 6) is 1.61. The van der Waals surface area contributed by atoms with Crippen LogP contribution in [0.3, 0.4) is 0 Å². The second-order valence-electron chi connectivity index (χ2n) is 6.43. The first kappa shape index (κ1) is 14.3. The monoisotopic (exact) mass is 253 g/mol. The first-order valence-electron chi connectivity index (χ1n) is 8.11. The van der Waals surface area contributed by atoms with Crippen molar-refractivity contribution in [3.63, 3.8) is 0 Å². The van der Waals surface area contributed by atoms with Crippen LogP contribution in [0.1, 0.15) is 71.6 Å². The molecule has 0 bridgehead atoms. The van der Waals surface area contributed by atoms with Crippen LogP contribution < -0.4 is 5.73 Å². The lowest BCUT2D eigenvalue weighted by molar-refractivity contribution is -0.0708. The van der Waals surface area contributed by atoms with E-state index in [9.17, 15) is 0 Å². The Hall–Kier alpha value is -0.0800. The minimum absolute atomic E-state index is 0.0229. The maximum absolute atomic E-state index is 6.67. The maximum atomic E-state index is 6.67. The molecule has 0 radical (unpaired) electrons. The summed E-state index contributed by atoms with van der Waals surface area (Å²) in [7, 11) is 0. The van der Waals surface area contributed by atoms with E-state index in [4.69, 9.17) is 10.5 Å². The van der Waals surface area contributed by atoms with Crippen LogP contribution in [0.15, 0.2) is 0 Å². The Kier molecular flexibility index (Phi) is 5.08. The first-order valence-corrected chi connectivity index (χ1v) is 8.11. The van der Waals surface area contributed by atoms with Crippen molar-refractivity contribution in [1.29, 1.82) is 0 Å². The van der Waals surface area contributed by atoms with E-state index in [-0.39, 0.29) is 11.6 Å². The van der Waals surface area contributed by atoms with Crippen molar-refractivity contribution in [2.45, 2.75) is 83.3 Å². The predicted octanol–water partition coefficient (Wildman–Crippen LogP) is 3.88. The van der Waals surface area contributed by atoms with Gasteiger partial charge in [0, 0.05) is 12.6 Å². The van der Waals surface area contributed by atoms with Gasteiger partial charge in [0.05, 0.1) is 5.60 Å². The summed E-state index contributed by atoms with van der Waals surface area (Å²) >= 11 is 0. The SMILES string of the molecule is CCOC1(C(N)C2CCCC(CC)C2)CCCC1. The molecule has 2 heteroatoms. The van der Waals surface area contributed by atoms with Crippen LogP contribution in [-0.4, -0.2) is 18.2 Å². The molecular weight excluding hydrogens is 222 g/mol. The molecular formula is C16H31NO. The summed E-state index contributed by atoms with van der Waals surface area (Å²) in [6.45, 7) is 5.26. The van der Waals surface area contributed by atoms with Crippen LogP contribution in [-0.2, 0) is 4.74 Å². The molecule has 2 N–H and O–H groups in total. The molecule has 106 valence electrons. The minimum atomic E-state index is 0.0229. The smallest absolute Gasteiger partial charge is 0.0835 e. The van der Waals surface area contributed by atoms with Crippen molar-refractivity contribution in [3.05, 3.63) is 0 Å². The van der Waals surface area contributed by atoms with Crippen molar-refractivity contribution in [1.82, 2.24) is 0 Å². The molecule has 0 aromatic rings. The number of hydrogen-bond acceptors (Lipinski definition) is 2. The van der Waals surface area contributed by atoms with Gasteiger partial charge in [-0.1, -0.05) is 39.0 Å². The molecule has 2 rings (SSSR count). The fourth-order valence-electron chi connectivity index (χ4n) is 4.29. The van der Waals surface area contributed by atoms with Gasteiger partial charge in [0.2, 0.25) is 0 Å². The van der Waals surface area contributed by atoms with Gasteiger partial charge in [-0.3, -0.25) is 0 Å². The van der Waals surface area contributed by atoms with Crippen LogP contribution in [0, 0.1) is 11.8 Å². The van der Waals surface area contributed by atoms with Gasteiger partial charge in [-0.15, -0.1) is 0 Å². The minimum Gasteiger partial charge on any atom is -0.374 e. The van der Waals surface area contributed by atoms with E-state index in [0.29, 0.717) is 5.92 Å². The molecule has 3 atom stereocenters. The Balaban J connectivity index is 2.01. The van der Waals surface area contributed by atoms with E-state index in [2.05, 4.69) is 13.8 Å². The Morgan fingerprint density at radius 3 is 2.50 bits per heavy atom. The van der Waals surface area contributed by atoms with E-state index in [1.54, 1.807) is 0 Å². The molecule has 0 amide bonds. The van der Waals surface area contributed by atoms with Gasteiger partial charge in [0.1, 0.15) is 0 Å². The largest absolute Gasteiger partial charge is 0.374 e. The van der Waals surface area contributed by atoms with Gasteiger partial charge in [-0.05, 0) is 44.4 Å². The first-order chi connectivity index (χ1) is 8.72. The molecule has 2 fully saturated rings. The predicted molar refractivity (Wildman–Crippen MR) is 76.5 cm³/mol. The van der Waals surface area contributed by atoms with Gasteiger partial charge in [0.25, 0.3) is 0 Å². The number of hydrogen-bond donors (Lipinski definition) is 1. The van der Waals surface area contributed by atoms with Crippen molar-refractivity contribution in [2.75, 3.05) is 6.61 Å². The molecule has 18 heavy (non-hydrogen) atoms. The van der Waals surface area contributed by atoms with Crippen LogP contribution in [0.4, 0.5) is 0 Å². The Morgan fingerprint density at radius 1 is 1.17 bits per heavy atom. The van der Waals surface area contributed by atoms with E-state index >= 15 is 0 Å². The molecule has 0 spiro atoms. The molecule has 0 aromatic carbocycles. The number of nitrogens with two attached hydrogens (primary N) is 1. The number of ether oxygens (including phenoxy) is 1. The average molecular weight is 253 g/mol. The third kappa shape index (κ3) is 2.91. The normalized spacial score (nSPS) is 33.5. The highest BCUT2D eigenvalue weighted by Crippen LogP contribution is 2.42. The van der Waals surface area contributed by atoms with Gasteiger partial charge < -0.3 is 10.5 Å². The summed E-state index contributed by atoms with van der Waals surface area (Å²) in [6.07, 6.45) is 11.8. The zero-order valence-corrected chi connectivity index (χ0v) is 12.3. The Bertz CT molecular complexity index is 247. The Morgan fingerprint density at radius 2 is 1.89 bits per heavy atom. The van der Waals surface area contributed by atoms with Crippen LogP contribution in [0.5, 0.6) is 0 Å². The van der Waals surface area contributed by atoms with E-state index in [0.717, 1.165) is 12.5 Å². The molecule has 0 saturated heterocycles. The van der Waals surface area contributed by atoms with Gasteiger partial charge in [-0.25, -0.2) is 0 Å². The van der Waals surface area contributed by atoms with Crippen LogP contribution in [0.25, 0.3) is 0 Å². The van der Waals surface area contributed by atoms with E-state index < -0.39 is 0 Å². The van der Waals surface area contributed by atoms with Gasteiger partial charge in [-0.2, -0.15) is 0 Å². The zero-order chi connectivity index (χ0) is 13.0. The molecule has 2 saturated carbocycles. The van der Waals surface area contributed by atoms with Crippen LogP contribution >= 0.6 is 0 Å². The maximum Gasteiger partial charge on any atom is 0.0835 e. The summed E-state index contributed by atoms with van der Waals surface area (Å²) in [5, 5.41) is 0. The summed E-state index contributed by atoms with van der Waals surface area (Å²) in [5.41, 5.74) is 6.69. The quantitative estimate of drug-likeness (QED) is 0.807. The second kappa shape index (κ2) is 6.38. The third-order valence-electron chi connectivity index (χ3n) is 5.40. The molecule has 0 heterocycles. The van der Waals surface area contributed by atoms with Gasteiger partial charge in [0.15, 0.2) is 0 Å². The highest BCUT2D eigenvalue weighted by molar-refractivity contribution is 4.99. The van der Waals surface area contributed by atoms with Crippen LogP contribution in [0.2, 0.25) is 0 Å². The van der Waals surface area contributed by atoms with Crippen molar-refractivity contribution < 1.29 is 4.74 Å². The van der Waals surface area contributed by atoms with Crippen molar-refractivity contribution in [3.8, 4) is 0 Å². The van der Waals surface area contributed by atoms with Crippen molar-refractivity contribution in [2.24, 2.45) is 17.6 Å². The summed E-state index contributed by atoms with van der Waals surface area (Å²) in [6, 6.07) is 0.272. The standard InChI is InChI=1S/C16H31NO/c1-3-13-8-7-9-14(12-13)15(17)16(18-4-2)10-5-6-11-16/h13-15H,3-12,17H2,1-2H3. The number of rotatable bonds is 5. The van der Waals surface area contributed by atoms with E-state index in [1.807, 2.05) is 0 Å². The van der Waals surface area contributed by atoms with E-state index in [1.165, 1.54) is 57.8 Å². The lowest BCUT2D eigenvalue weighted by Gasteiger charge is -2.42. The molecule has 3 unspecified atom stereocenters. The fourth-order valence-corrected chi connectivity index (χ4v) is 4.29. The second-order valence-corrected chi connectivity index (χ2v) is 6.43. The fraction of sp³-hybridized carbons (Fsp3) is 1.00. The van der Waals surface area contributed by atoms with Gasteiger partial charge >= 0.3 is 0 Å². The molecule has 2 nitrogen and oxygen atoms in total. The highest BCUT2D eigenvalue weighted by atomic mass is 16.5. The molecule has 2 aliphatic rings. The topological polar surface area (TPSA) is 35.2 Å². The lowest BCUT2D eigenvalue weighted by Crippen LogP contribution is -2.53. The summed E-state index contributed by atoms with van der Waals surface area (Å²) in [4.78, 5) is 0. The third-order valence-corrected chi connectivity index (χ3v) is 5.40. The summed E-state index contributed by atoms with van der Waals surface area (Å²) < 4.78 is 6.15. The van der Waals surface area contributed by atoms with Crippen molar-refractivity contribution >= 4 is 0 Å². The zero-order valence-electron chi connectivity index (χ0n) is 12.3. The average Bonchev–Trinajstić information content (AvgIpc) is 2.88. The Labute approximate surface area is 113 Å². The molecule has 2 aliphatic carbocycles. The molecule has 0 aliphatic heterocycles. The lowest BCUT2D eigenvalue weighted by atomic mass is 9.72. The molecule has 0 aromatic heterocycles.